The number of nitrogens with two attached hydrogens (primary N) is 1. The van der Waals surface area contributed by atoms with Gasteiger partial charge in [-0.15, -0.1) is 0 Å². The third kappa shape index (κ3) is 3.88. The van der Waals surface area contributed by atoms with E-state index in [-0.39, 0.29) is 12.1 Å². The fraction of sp³-hybridized carbons (Fsp3) is 0.800. The number of rotatable bonds is 6. The van der Waals surface area contributed by atoms with Gasteiger partial charge >= 0.3 is 0 Å². The lowest BCUT2D eigenvalue weighted by Crippen LogP contribution is -2.37. The van der Waals surface area contributed by atoms with Crippen LogP contribution >= 0.6 is 0 Å². The van der Waals surface area contributed by atoms with Gasteiger partial charge in [-0.1, -0.05) is 25.5 Å². The summed E-state index contributed by atoms with van der Waals surface area (Å²) < 4.78 is 5.52. The highest BCUT2D eigenvalue weighted by Crippen LogP contribution is 2.10. The van der Waals surface area contributed by atoms with Crippen molar-refractivity contribution in [3.8, 4) is 0 Å². The maximum absolute atomic E-state index is 5.91. The van der Waals surface area contributed by atoms with E-state index in [1.165, 1.54) is 0 Å². The summed E-state index contributed by atoms with van der Waals surface area (Å²) in [5.74, 6) is 0. The Hall–Kier alpha value is -0.340. The van der Waals surface area contributed by atoms with Crippen molar-refractivity contribution in [1.29, 1.82) is 0 Å². The van der Waals surface area contributed by atoms with Crippen molar-refractivity contribution >= 4 is 0 Å². The van der Waals surface area contributed by atoms with Gasteiger partial charge in [-0.3, -0.25) is 0 Å². The van der Waals surface area contributed by atoms with Crippen molar-refractivity contribution in [2.24, 2.45) is 5.73 Å². The summed E-state index contributed by atoms with van der Waals surface area (Å²) >= 11 is 0. The molecule has 0 saturated heterocycles. The standard InChI is InChI=1S/C10H21NO/c1-5-7-9(12-6-2)10(11)8(3)4/h9-10H,3,5-7,11H2,1-2,4H3. The summed E-state index contributed by atoms with van der Waals surface area (Å²) in [5.41, 5.74) is 6.91. The molecule has 0 aliphatic rings. The molecule has 0 fully saturated rings. The Balaban J connectivity index is 3.98. The number of ether oxygens (including phenoxy) is 1. The first kappa shape index (κ1) is 11.7. The molecule has 0 aromatic carbocycles. The highest BCUT2D eigenvalue weighted by Gasteiger charge is 2.16. The molecular formula is C10H21NO. The Morgan fingerprint density at radius 2 is 2.08 bits per heavy atom. The molecule has 2 atom stereocenters. The van der Waals surface area contributed by atoms with Crippen LogP contribution in [0.15, 0.2) is 12.2 Å². The van der Waals surface area contributed by atoms with E-state index in [1.54, 1.807) is 0 Å². The van der Waals surface area contributed by atoms with Gasteiger partial charge in [-0.05, 0) is 20.3 Å². The van der Waals surface area contributed by atoms with E-state index >= 15 is 0 Å². The van der Waals surface area contributed by atoms with Gasteiger partial charge in [0.1, 0.15) is 0 Å². The van der Waals surface area contributed by atoms with Gasteiger partial charge in [0.15, 0.2) is 0 Å². The van der Waals surface area contributed by atoms with E-state index in [1.807, 2.05) is 13.8 Å². The molecule has 12 heavy (non-hydrogen) atoms. The molecule has 0 saturated carbocycles. The van der Waals surface area contributed by atoms with Crippen LogP contribution in [0.25, 0.3) is 0 Å². The molecular weight excluding hydrogens is 150 g/mol. The van der Waals surface area contributed by atoms with Crippen molar-refractivity contribution in [3.63, 3.8) is 0 Å². The molecule has 0 aliphatic heterocycles. The Bertz CT molecular complexity index is 128. The summed E-state index contributed by atoms with van der Waals surface area (Å²) in [6, 6.07) is -0.00935. The molecule has 72 valence electrons. The third-order valence-corrected chi connectivity index (χ3v) is 1.92. The summed E-state index contributed by atoms with van der Waals surface area (Å²) in [6.45, 7) is 10.6. The molecule has 2 heteroatoms. The molecule has 0 aromatic heterocycles. The van der Waals surface area contributed by atoms with E-state index in [2.05, 4.69) is 13.5 Å². The van der Waals surface area contributed by atoms with Crippen LogP contribution in [0, 0.1) is 0 Å². The van der Waals surface area contributed by atoms with Gasteiger partial charge in [-0.25, -0.2) is 0 Å². The Morgan fingerprint density at radius 3 is 2.42 bits per heavy atom. The summed E-state index contributed by atoms with van der Waals surface area (Å²) in [6.07, 6.45) is 2.27. The number of hydrogen-bond donors (Lipinski definition) is 1. The minimum atomic E-state index is -0.00935. The van der Waals surface area contributed by atoms with Gasteiger partial charge < -0.3 is 10.5 Å². The van der Waals surface area contributed by atoms with E-state index in [0.29, 0.717) is 0 Å². The van der Waals surface area contributed by atoms with Gasteiger partial charge in [0.05, 0.1) is 12.1 Å². The molecule has 0 heterocycles. The Kier molecular flexibility index (Phi) is 6.03. The van der Waals surface area contributed by atoms with Crippen LogP contribution in [-0.4, -0.2) is 18.8 Å². The molecule has 0 rings (SSSR count). The van der Waals surface area contributed by atoms with Crippen LogP contribution in [-0.2, 0) is 4.74 Å². The Labute approximate surface area is 75.8 Å². The SMILES string of the molecule is C=C(C)C(N)C(CCC)OCC. The van der Waals surface area contributed by atoms with Crippen LogP contribution in [0.2, 0.25) is 0 Å². The highest BCUT2D eigenvalue weighted by molar-refractivity contribution is 5.03. The molecule has 2 unspecified atom stereocenters. The smallest absolute Gasteiger partial charge is 0.0763 e. The molecule has 0 amide bonds. The van der Waals surface area contributed by atoms with Crippen LogP contribution in [0.3, 0.4) is 0 Å². The number of hydrogen-bond acceptors (Lipinski definition) is 2. The lowest BCUT2D eigenvalue weighted by Gasteiger charge is -2.23. The quantitative estimate of drug-likeness (QED) is 0.621. The highest BCUT2D eigenvalue weighted by atomic mass is 16.5. The maximum Gasteiger partial charge on any atom is 0.0763 e. The summed E-state index contributed by atoms with van der Waals surface area (Å²) in [7, 11) is 0. The largest absolute Gasteiger partial charge is 0.377 e. The van der Waals surface area contributed by atoms with Gasteiger partial charge in [0.25, 0.3) is 0 Å². The van der Waals surface area contributed by atoms with Gasteiger partial charge in [0.2, 0.25) is 0 Å². The van der Waals surface area contributed by atoms with Gasteiger partial charge in [0, 0.05) is 6.61 Å². The summed E-state index contributed by atoms with van der Waals surface area (Å²) in [5, 5.41) is 0. The molecule has 0 spiro atoms. The van der Waals surface area contributed by atoms with Crippen molar-refractivity contribution in [2.75, 3.05) is 6.61 Å². The van der Waals surface area contributed by atoms with Crippen LogP contribution < -0.4 is 5.73 Å². The second-order valence-electron chi connectivity index (χ2n) is 3.15. The van der Waals surface area contributed by atoms with Crippen molar-refractivity contribution in [1.82, 2.24) is 0 Å². The fourth-order valence-corrected chi connectivity index (χ4v) is 1.18. The third-order valence-electron chi connectivity index (χ3n) is 1.92. The maximum atomic E-state index is 5.91. The molecule has 0 aliphatic carbocycles. The van der Waals surface area contributed by atoms with E-state index in [9.17, 15) is 0 Å². The lowest BCUT2D eigenvalue weighted by molar-refractivity contribution is 0.0456. The zero-order chi connectivity index (χ0) is 9.56. The van der Waals surface area contributed by atoms with E-state index < -0.39 is 0 Å². The zero-order valence-electron chi connectivity index (χ0n) is 8.47. The zero-order valence-corrected chi connectivity index (χ0v) is 8.47. The summed E-state index contributed by atoms with van der Waals surface area (Å²) in [4.78, 5) is 0. The minimum absolute atomic E-state index is 0.00935. The first-order chi connectivity index (χ1) is 5.63. The predicted molar refractivity (Wildman–Crippen MR) is 53.1 cm³/mol. The van der Waals surface area contributed by atoms with E-state index in [4.69, 9.17) is 10.5 Å². The monoisotopic (exact) mass is 171 g/mol. The molecule has 2 N–H and O–H groups in total. The molecule has 0 bridgehead atoms. The average molecular weight is 171 g/mol. The van der Waals surface area contributed by atoms with Crippen LogP contribution in [0.1, 0.15) is 33.6 Å². The Morgan fingerprint density at radius 1 is 1.50 bits per heavy atom. The van der Waals surface area contributed by atoms with Crippen molar-refractivity contribution in [3.05, 3.63) is 12.2 Å². The molecule has 0 aromatic rings. The topological polar surface area (TPSA) is 35.2 Å². The second-order valence-corrected chi connectivity index (χ2v) is 3.15. The normalized spacial score (nSPS) is 15.7. The minimum Gasteiger partial charge on any atom is -0.377 e. The van der Waals surface area contributed by atoms with E-state index in [0.717, 1.165) is 25.0 Å². The van der Waals surface area contributed by atoms with Crippen molar-refractivity contribution in [2.45, 2.75) is 45.8 Å². The predicted octanol–water partition coefficient (Wildman–Crippen LogP) is 2.10. The lowest BCUT2D eigenvalue weighted by atomic mass is 10.0. The average Bonchev–Trinajstić information content (AvgIpc) is 2.03. The van der Waals surface area contributed by atoms with Crippen molar-refractivity contribution < 1.29 is 4.74 Å². The molecule has 0 radical (unpaired) electrons. The molecule has 2 nitrogen and oxygen atoms in total. The first-order valence-corrected chi connectivity index (χ1v) is 4.66. The van der Waals surface area contributed by atoms with Crippen LogP contribution in [0.5, 0.6) is 0 Å². The fourth-order valence-electron chi connectivity index (χ4n) is 1.18. The first-order valence-electron chi connectivity index (χ1n) is 4.66. The van der Waals surface area contributed by atoms with Crippen LogP contribution in [0.4, 0.5) is 0 Å². The van der Waals surface area contributed by atoms with Gasteiger partial charge in [-0.2, -0.15) is 0 Å². The second kappa shape index (κ2) is 6.21.